The Balaban J connectivity index is 2.48. The van der Waals surface area contributed by atoms with Crippen molar-refractivity contribution in [3.63, 3.8) is 0 Å². The van der Waals surface area contributed by atoms with Gasteiger partial charge in [-0.3, -0.25) is 4.79 Å². The monoisotopic (exact) mass is 250 g/mol. The van der Waals surface area contributed by atoms with E-state index in [0.29, 0.717) is 12.4 Å². The van der Waals surface area contributed by atoms with Gasteiger partial charge in [0.1, 0.15) is 0 Å². The minimum Gasteiger partial charge on any atom is -0.493 e. The summed E-state index contributed by atoms with van der Waals surface area (Å²) in [5.74, 6) is -0.731. The first kappa shape index (κ1) is 14.2. The maximum absolute atomic E-state index is 11.8. The van der Waals surface area contributed by atoms with Crippen LogP contribution in [0.15, 0.2) is 36.1 Å². The molecule has 0 N–H and O–H groups in total. The van der Waals surface area contributed by atoms with Crippen molar-refractivity contribution in [2.24, 2.45) is 5.92 Å². The van der Waals surface area contributed by atoms with Gasteiger partial charge < -0.3 is 9.47 Å². The van der Waals surface area contributed by atoms with Gasteiger partial charge in [0.05, 0.1) is 19.6 Å². The van der Waals surface area contributed by atoms with E-state index in [0.717, 1.165) is 12.8 Å². The Morgan fingerprint density at radius 1 is 1.50 bits per heavy atom. The third kappa shape index (κ3) is 4.20. The van der Waals surface area contributed by atoms with Crippen LogP contribution in [0.5, 0.6) is 0 Å². The van der Waals surface area contributed by atoms with Crippen LogP contribution in [-0.4, -0.2) is 25.5 Å². The van der Waals surface area contributed by atoms with Gasteiger partial charge in [0.25, 0.3) is 0 Å². The number of carbonyl (C=O) groups is 2. The molecular formula is C14H18O4. The molecule has 0 radical (unpaired) electrons. The van der Waals surface area contributed by atoms with E-state index in [1.165, 1.54) is 19.3 Å². The Labute approximate surface area is 107 Å². The Kier molecular flexibility index (Phi) is 5.91. The van der Waals surface area contributed by atoms with Crippen LogP contribution < -0.4 is 0 Å². The van der Waals surface area contributed by atoms with Gasteiger partial charge in [-0.15, -0.1) is 0 Å². The SMILES string of the molecule is CCCCOC(=O)/C=C/C1C=CC=C(OC)C1=O. The molecule has 0 saturated heterocycles. The van der Waals surface area contributed by atoms with E-state index in [2.05, 4.69) is 0 Å². The first-order valence-corrected chi connectivity index (χ1v) is 6.00. The van der Waals surface area contributed by atoms with E-state index < -0.39 is 11.9 Å². The fourth-order valence-electron chi connectivity index (χ4n) is 1.46. The smallest absolute Gasteiger partial charge is 0.330 e. The molecule has 1 unspecified atom stereocenters. The van der Waals surface area contributed by atoms with Gasteiger partial charge in [0.15, 0.2) is 5.76 Å². The number of esters is 1. The van der Waals surface area contributed by atoms with Gasteiger partial charge in [0, 0.05) is 6.08 Å². The summed E-state index contributed by atoms with van der Waals surface area (Å²) in [5, 5.41) is 0. The summed E-state index contributed by atoms with van der Waals surface area (Å²) in [6.45, 7) is 2.44. The van der Waals surface area contributed by atoms with Crippen LogP contribution in [0.25, 0.3) is 0 Å². The maximum atomic E-state index is 11.8. The number of hydrogen-bond donors (Lipinski definition) is 0. The Morgan fingerprint density at radius 2 is 2.28 bits per heavy atom. The summed E-state index contributed by atoms with van der Waals surface area (Å²) in [6, 6.07) is 0. The number of unbranched alkanes of at least 4 members (excludes halogenated alkanes) is 1. The van der Waals surface area contributed by atoms with Crippen molar-refractivity contribution in [2.45, 2.75) is 19.8 Å². The van der Waals surface area contributed by atoms with Crippen molar-refractivity contribution in [3.05, 3.63) is 36.1 Å². The summed E-state index contributed by atoms with van der Waals surface area (Å²) in [6.07, 6.45) is 9.69. The highest BCUT2D eigenvalue weighted by Gasteiger charge is 2.20. The standard InChI is InChI=1S/C14H18O4/c1-3-4-10-18-13(15)9-8-11-6-5-7-12(17-2)14(11)16/h5-9,11H,3-4,10H2,1-2H3/b9-8+. The van der Waals surface area contributed by atoms with Crippen molar-refractivity contribution in [2.75, 3.05) is 13.7 Å². The van der Waals surface area contributed by atoms with Crippen molar-refractivity contribution in [1.82, 2.24) is 0 Å². The molecule has 1 aliphatic carbocycles. The lowest BCUT2D eigenvalue weighted by atomic mass is 9.97. The van der Waals surface area contributed by atoms with Gasteiger partial charge in [-0.2, -0.15) is 0 Å². The van der Waals surface area contributed by atoms with E-state index in [1.807, 2.05) is 6.92 Å². The number of ketones is 1. The molecule has 0 fully saturated rings. The number of allylic oxidation sites excluding steroid dienone is 5. The molecule has 0 aromatic rings. The maximum Gasteiger partial charge on any atom is 0.330 e. The van der Waals surface area contributed by atoms with Crippen LogP contribution >= 0.6 is 0 Å². The average Bonchev–Trinajstić information content (AvgIpc) is 2.38. The molecular weight excluding hydrogens is 232 g/mol. The lowest BCUT2D eigenvalue weighted by Gasteiger charge is -2.12. The highest BCUT2D eigenvalue weighted by atomic mass is 16.5. The van der Waals surface area contributed by atoms with Gasteiger partial charge in [-0.1, -0.05) is 31.6 Å². The number of carbonyl (C=O) groups excluding carboxylic acids is 2. The molecule has 4 nitrogen and oxygen atoms in total. The van der Waals surface area contributed by atoms with Crippen molar-refractivity contribution < 1.29 is 19.1 Å². The molecule has 1 atom stereocenters. The minimum atomic E-state index is -0.455. The first-order valence-electron chi connectivity index (χ1n) is 6.00. The van der Waals surface area contributed by atoms with Crippen LogP contribution in [0.1, 0.15) is 19.8 Å². The molecule has 0 aliphatic heterocycles. The normalized spacial score (nSPS) is 18.9. The van der Waals surface area contributed by atoms with Gasteiger partial charge in [-0.25, -0.2) is 4.79 Å². The zero-order valence-electron chi connectivity index (χ0n) is 10.7. The first-order chi connectivity index (χ1) is 8.69. The summed E-state index contributed by atoms with van der Waals surface area (Å²) >= 11 is 0. The van der Waals surface area contributed by atoms with E-state index in [-0.39, 0.29) is 5.78 Å². The third-order valence-electron chi connectivity index (χ3n) is 2.51. The van der Waals surface area contributed by atoms with Gasteiger partial charge in [0.2, 0.25) is 5.78 Å². The van der Waals surface area contributed by atoms with Gasteiger partial charge in [-0.05, 0) is 12.5 Å². The molecule has 1 aliphatic rings. The van der Waals surface area contributed by atoms with Gasteiger partial charge >= 0.3 is 5.97 Å². The van der Waals surface area contributed by atoms with E-state index in [4.69, 9.17) is 9.47 Å². The second kappa shape index (κ2) is 7.48. The summed E-state index contributed by atoms with van der Waals surface area (Å²) < 4.78 is 9.89. The molecule has 0 spiro atoms. The third-order valence-corrected chi connectivity index (χ3v) is 2.51. The zero-order chi connectivity index (χ0) is 13.4. The van der Waals surface area contributed by atoms with Crippen molar-refractivity contribution in [1.29, 1.82) is 0 Å². The number of hydrogen-bond acceptors (Lipinski definition) is 4. The molecule has 18 heavy (non-hydrogen) atoms. The van der Waals surface area contributed by atoms with Crippen molar-refractivity contribution >= 4 is 11.8 Å². The Bertz CT molecular complexity index is 391. The second-order valence-corrected chi connectivity index (χ2v) is 3.89. The molecule has 0 aromatic heterocycles. The van der Waals surface area contributed by atoms with Crippen LogP contribution in [-0.2, 0) is 19.1 Å². The molecule has 0 aromatic carbocycles. The van der Waals surface area contributed by atoms with Crippen LogP contribution in [0, 0.1) is 5.92 Å². The molecule has 0 saturated carbocycles. The predicted octanol–water partition coefficient (Wildman–Crippen LogP) is 2.17. The lowest BCUT2D eigenvalue weighted by Crippen LogP contribution is -2.16. The fraction of sp³-hybridized carbons (Fsp3) is 0.429. The highest BCUT2D eigenvalue weighted by Crippen LogP contribution is 2.16. The quantitative estimate of drug-likeness (QED) is 0.412. The van der Waals surface area contributed by atoms with E-state index >= 15 is 0 Å². The predicted molar refractivity (Wildman–Crippen MR) is 67.7 cm³/mol. The zero-order valence-corrected chi connectivity index (χ0v) is 10.7. The Morgan fingerprint density at radius 3 is 2.94 bits per heavy atom. The lowest BCUT2D eigenvalue weighted by molar-refractivity contribution is -0.137. The second-order valence-electron chi connectivity index (χ2n) is 3.89. The topological polar surface area (TPSA) is 52.6 Å². The van der Waals surface area contributed by atoms with E-state index in [1.54, 1.807) is 18.2 Å². The van der Waals surface area contributed by atoms with Crippen molar-refractivity contribution in [3.8, 4) is 0 Å². The molecule has 98 valence electrons. The fourth-order valence-corrected chi connectivity index (χ4v) is 1.46. The molecule has 1 rings (SSSR count). The summed E-state index contributed by atoms with van der Waals surface area (Å²) in [5.41, 5.74) is 0. The van der Waals surface area contributed by atoms with Crippen LogP contribution in [0.3, 0.4) is 0 Å². The number of rotatable bonds is 6. The van der Waals surface area contributed by atoms with Crippen LogP contribution in [0.4, 0.5) is 0 Å². The number of Topliss-reactive ketones (excluding diaryl/α,β-unsaturated/α-hetero) is 1. The molecule has 0 heterocycles. The number of methoxy groups -OCH3 is 1. The molecule has 4 heteroatoms. The molecule has 0 bridgehead atoms. The Hall–Kier alpha value is -1.84. The largest absolute Gasteiger partial charge is 0.493 e. The highest BCUT2D eigenvalue weighted by molar-refractivity contribution is 5.99. The number of ether oxygens (including phenoxy) is 2. The minimum absolute atomic E-state index is 0.155. The molecule has 0 amide bonds. The summed E-state index contributed by atoms with van der Waals surface area (Å²) in [7, 11) is 1.45. The average molecular weight is 250 g/mol. The van der Waals surface area contributed by atoms with Crippen LogP contribution in [0.2, 0.25) is 0 Å². The van der Waals surface area contributed by atoms with E-state index in [9.17, 15) is 9.59 Å². The summed E-state index contributed by atoms with van der Waals surface area (Å²) in [4.78, 5) is 23.1.